The lowest BCUT2D eigenvalue weighted by Gasteiger charge is -2.06. The van der Waals surface area contributed by atoms with Crippen molar-refractivity contribution in [1.29, 1.82) is 0 Å². The van der Waals surface area contributed by atoms with Crippen LogP contribution >= 0.6 is 0 Å². The molecular formula is C41H91ClN2O. The summed E-state index contributed by atoms with van der Waals surface area (Å²) in [7, 11) is 9.77. The van der Waals surface area contributed by atoms with Crippen molar-refractivity contribution in [2.45, 2.75) is 219 Å². The van der Waals surface area contributed by atoms with Gasteiger partial charge in [-0.2, -0.15) is 7.11 Å². The highest BCUT2D eigenvalue weighted by Gasteiger charge is 1.97. The van der Waals surface area contributed by atoms with Crippen LogP contribution in [0.5, 0.6) is 0 Å². The van der Waals surface area contributed by atoms with Crippen molar-refractivity contribution in [3.8, 4) is 0 Å². The fraction of sp³-hybridized carbons (Fsp3) is 1.00. The van der Waals surface area contributed by atoms with Gasteiger partial charge in [0.25, 0.3) is 0 Å². The van der Waals surface area contributed by atoms with Crippen molar-refractivity contribution in [2.75, 3.05) is 48.4 Å². The topological polar surface area (TPSA) is 31.9 Å². The Morgan fingerprint density at radius 3 is 0.533 bits per heavy atom. The predicted molar refractivity (Wildman–Crippen MR) is 200 cm³/mol. The van der Waals surface area contributed by atoms with Gasteiger partial charge in [-0.3, -0.25) is 0 Å². The Morgan fingerprint density at radius 1 is 0.267 bits per heavy atom. The smallest absolute Gasteiger partial charge is 0.0766 e. The van der Waals surface area contributed by atoms with Crippen LogP contribution in [0.1, 0.15) is 219 Å². The Hall–Kier alpha value is 0.170. The van der Waals surface area contributed by atoms with Gasteiger partial charge in [0.2, 0.25) is 0 Å². The first-order chi connectivity index (χ1) is 21.5. The summed E-state index contributed by atoms with van der Waals surface area (Å²) >= 11 is 0. The van der Waals surface area contributed by atoms with Gasteiger partial charge in [-0.05, 0) is 25.7 Å². The Labute approximate surface area is 294 Å². The molecule has 0 aromatic rings. The number of hydrogen-bond donors (Lipinski definition) is 2. The average molecular weight is 664 g/mol. The van der Waals surface area contributed by atoms with Crippen molar-refractivity contribution in [2.24, 2.45) is 0 Å². The van der Waals surface area contributed by atoms with Crippen LogP contribution in [-0.2, 0) is 0 Å². The summed E-state index contributed by atoms with van der Waals surface area (Å²) < 4.78 is 0. The second-order valence-corrected chi connectivity index (χ2v) is 14.5. The van der Waals surface area contributed by atoms with Crippen LogP contribution in [0.4, 0.5) is 0 Å². The number of quaternary nitrogens is 2. The zero-order chi connectivity index (χ0) is 33.2. The standard InChI is InChI=1S/2C20H43N.CH3O.ClH/c2*1-4-5-6-7-8-9-10-11-12-13-14-15-16-17-18-19-20-21(2)3;1-2;/h2*4-20H2,1-3H3;1H3;1H/q;;-1;/p+1. The highest BCUT2D eigenvalue weighted by atomic mass is 35.5. The number of nitrogens with one attached hydrogen (secondary N) is 2. The molecule has 0 bridgehead atoms. The van der Waals surface area contributed by atoms with E-state index in [0.29, 0.717) is 0 Å². The van der Waals surface area contributed by atoms with E-state index in [4.69, 9.17) is 5.11 Å². The lowest BCUT2D eigenvalue weighted by Crippen LogP contribution is -3.05. The van der Waals surface area contributed by atoms with E-state index in [0.717, 1.165) is 7.11 Å². The van der Waals surface area contributed by atoms with Gasteiger partial charge in [-0.1, -0.05) is 194 Å². The third-order valence-corrected chi connectivity index (χ3v) is 9.06. The summed E-state index contributed by atoms with van der Waals surface area (Å²) in [6.45, 7) is 7.28. The molecule has 0 aromatic heterocycles. The summed E-state index contributed by atoms with van der Waals surface area (Å²) in [4.78, 5) is 3.20. The van der Waals surface area contributed by atoms with Gasteiger partial charge in [0.05, 0.1) is 41.3 Å². The molecule has 0 fully saturated rings. The summed E-state index contributed by atoms with van der Waals surface area (Å²) in [6.07, 6.45) is 46.8. The van der Waals surface area contributed by atoms with Crippen molar-refractivity contribution in [1.82, 2.24) is 0 Å². The van der Waals surface area contributed by atoms with Crippen LogP contribution < -0.4 is 27.3 Å². The van der Waals surface area contributed by atoms with Gasteiger partial charge in [0, 0.05) is 0 Å². The van der Waals surface area contributed by atoms with Crippen LogP contribution in [-0.4, -0.2) is 48.4 Å². The fourth-order valence-electron chi connectivity index (χ4n) is 6.05. The maximum Gasteiger partial charge on any atom is 0.0766 e. The zero-order valence-corrected chi connectivity index (χ0v) is 33.6. The van der Waals surface area contributed by atoms with E-state index < -0.39 is 0 Å². The molecule has 0 saturated carbocycles. The number of rotatable bonds is 34. The van der Waals surface area contributed by atoms with Gasteiger partial charge in [0.15, 0.2) is 0 Å². The molecule has 3 nitrogen and oxygen atoms in total. The normalized spacial score (nSPS) is 10.8. The van der Waals surface area contributed by atoms with E-state index in [-0.39, 0.29) is 12.4 Å². The van der Waals surface area contributed by atoms with Crippen LogP contribution in [0.2, 0.25) is 0 Å². The third kappa shape index (κ3) is 60.0. The fourth-order valence-corrected chi connectivity index (χ4v) is 6.05. The van der Waals surface area contributed by atoms with Gasteiger partial charge in [0.1, 0.15) is 0 Å². The van der Waals surface area contributed by atoms with E-state index in [1.165, 1.54) is 219 Å². The molecule has 0 aromatic carbocycles. The van der Waals surface area contributed by atoms with Crippen molar-refractivity contribution in [3.05, 3.63) is 0 Å². The highest BCUT2D eigenvalue weighted by molar-refractivity contribution is 4.51. The van der Waals surface area contributed by atoms with Gasteiger partial charge >= 0.3 is 0 Å². The van der Waals surface area contributed by atoms with E-state index in [2.05, 4.69) is 42.0 Å². The van der Waals surface area contributed by atoms with E-state index in [1.807, 2.05) is 0 Å². The molecule has 0 unspecified atom stereocenters. The summed E-state index contributed by atoms with van der Waals surface area (Å²) in [5, 5.41) is 8.25. The van der Waals surface area contributed by atoms with E-state index in [9.17, 15) is 0 Å². The SMILES string of the molecule is CCCCCCCCCCCCCCCCCC[NH+](C)C.CCCCCCCCCCCCCCCCCC[NH+](C)C.C[O-].[Cl-]. The molecule has 0 radical (unpaired) electrons. The van der Waals surface area contributed by atoms with Crippen molar-refractivity contribution >= 4 is 0 Å². The Balaban J connectivity index is -0.000000346. The molecule has 278 valence electrons. The molecule has 0 aliphatic carbocycles. The molecule has 2 N–H and O–H groups in total. The minimum absolute atomic E-state index is 0. The second-order valence-electron chi connectivity index (χ2n) is 14.5. The first-order valence-electron chi connectivity index (χ1n) is 20.5. The maximum atomic E-state index is 8.25. The Bertz CT molecular complexity index is 407. The Kier molecular flexibility index (Phi) is 58.9. The van der Waals surface area contributed by atoms with Crippen molar-refractivity contribution < 1.29 is 27.3 Å². The molecule has 0 aliphatic rings. The molecule has 0 heterocycles. The molecule has 4 heteroatoms. The van der Waals surface area contributed by atoms with Crippen LogP contribution in [0.15, 0.2) is 0 Å². The molecule has 0 spiro atoms. The molecule has 0 saturated heterocycles. The first kappa shape index (κ1) is 52.0. The summed E-state index contributed by atoms with van der Waals surface area (Å²) in [5.41, 5.74) is 0. The lowest BCUT2D eigenvalue weighted by atomic mass is 10.0. The molecule has 45 heavy (non-hydrogen) atoms. The second kappa shape index (κ2) is 51.0. The zero-order valence-electron chi connectivity index (χ0n) is 32.8. The first-order valence-corrected chi connectivity index (χ1v) is 20.5. The highest BCUT2D eigenvalue weighted by Crippen LogP contribution is 2.15. The quantitative estimate of drug-likeness (QED) is 0.0733. The average Bonchev–Trinajstić information content (AvgIpc) is 3.01. The van der Waals surface area contributed by atoms with E-state index in [1.54, 1.807) is 9.80 Å². The van der Waals surface area contributed by atoms with Crippen LogP contribution in [0, 0.1) is 0 Å². The van der Waals surface area contributed by atoms with Crippen molar-refractivity contribution in [3.63, 3.8) is 0 Å². The van der Waals surface area contributed by atoms with E-state index >= 15 is 0 Å². The molecule has 0 aliphatic heterocycles. The minimum atomic E-state index is 0. The number of hydrogen-bond acceptors (Lipinski definition) is 1. The van der Waals surface area contributed by atoms with Gasteiger partial charge in [-0.25, -0.2) is 0 Å². The maximum absolute atomic E-state index is 8.25. The summed E-state index contributed by atoms with van der Waals surface area (Å²) in [6, 6.07) is 0. The number of unbranched alkanes of at least 4 members (excludes halogenated alkanes) is 30. The predicted octanol–water partition coefficient (Wildman–Crippen LogP) is 6.77. The Morgan fingerprint density at radius 2 is 0.400 bits per heavy atom. The minimum Gasteiger partial charge on any atom is -1.00 e. The molecule has 0 rings (SSSR count). The van der Waals surface area contributed by atoms with Crippen LogP contribution in [0.25, 0.3) is 0 Å². The molecule has 0 atom stereocenters. The monoisotopic (exact) mass is 663 g/mol. The van der Waals surface area contributed by atoms with Crippen LogP contribution in [0.3, 0.4) is 0 Å². The molecule has 0 amide bonds. The number of halogens is 1. The largest absolute Gasteiger partial charge is 1.00 e. The van der Waals surface area contributed by atoms with Gasteiger partial charge < -0.3 is 27.3 Å². The third-order valence-electron chi connectivity index (χ3n) is 9.06. The lowest BCUT2D eigenvalue weighted by molar-refractivity contribution is -0.858. The molecular weight excluding hydrogens is 572 g/mol. The van der Waals surface area contributed by atoms with Gasteiger partial charge in [-0.15, -0.1) is 0 Å². The summed E-state index contributed by atoms with van der Waals surface area (Å²) in [5.74, 6) is 0.